The number of carbonyl (C=O) groups is 1. The van der Waals surface area contributed by atoms with Gasteiger partial charge in [-0.3, -0.25) is 9.58 Å². The predicted octanol–water partition coefficient (Wildman–Crippen LogP) is 3.21. The van der Waals surface area contributed by atoms with E-state index < -0.39 is 5.60 Å². The van der Waals surface area contributed by atoms with Crippen LogP contribution in [0.15, 0.2) is 22.9 Å². The molecule has 2 N–H and O–H groups in total. The summed E-state index contributed by atoms with van der Waals surface area (Å²) in [5.41, 5.74) is 10.0. The Hall–Kier alpha value is -3.03. The lowest BCUT2D eigenvalue weighted by molar-refractivity contribution is 0.0239. The number of hydrogen-bond acceptors (Lipinski definition) is 6. The molecule has 27 heavy (non-hydrogen) atoms. The summed E-state index contributed by atoms with van der Waals surface area (Å²) in [5, 5.41) is 9.31. The largest absolute Gasteiger partial charge is 0.444 e. The minimum absolute atomic E-state index is 0.309. The monoisotopic (exact) mass is 369 g/mol. The fourth-order valence-corrected chi connectivity index (χ4v) is 3.40. The van der Waals surface area contributed by atoms with Gasteiger partial charge in [0.2, 0.25) is 0 Å². The second-order valence-corrected chi connectivity index (χ2v) is 7.99. The molecule has 0 fully saturated rings. The van der Waals surface area contributed by atoms with E-state index in [4.69, 9.17) is 15.0 Å². The van der Waals surface area contributed by atoms with Gasteiger partial charge in [0.15, 0.2) is 11.4 Å². The molecule has 0 unspecified atom stereocenters. The summed E-state index contributed by atoms with van der Waals surface area (Å²) in [5.74, 6) is 0.411. The summed E-state index contributed by atoms with van der Waals surface area (Å²) < 4.78 is 12.6. The quantitative estimate of drug-likeness (QED) is 0.744. The second-order valence-electron chi connectivity index (χ2n) is 7.99. The van der Waals surface area contributed by atoms with Crippen LogP contribution in [-0.4, -0.2) is 31.5 Å². The lowest BCUT2D eigenvalue weighted by Crippen LogP contribution is -2.33. The van der Waals surface area contributed by atoms with Crippen LogP contribution in [0.1, 0.15) is 43.2 Å². The molecule has 0 saturated heterocycles. The van der Waals surface area contributed by atoms with Crippen LogP contribution in [0, 0.1) is 6.92 Å². The van der Waals surface area contributed by atoms with E-state index in [1.54, 1.807) is 4.90 Å². The highest BCUT2D eigenvalue weighted by atomic mass is 16.6. The van der Waals surface area contributed by atoms with Gasteiger partial charge in [0.05, 0.1) is 30.7 Å². The van der Waals surface area contributed by atoms with Crippen LogP contribution in [0.4, 0.5) is 10.6 Å². The average Bonchev–Trinajstić information content (AvgIpc) is 3.19. The Morgan fingerprint density at radius 3 is 2.81 bits per heavy atom. The van der Waals surface area contributed by atoms with E-state index in [9.17, 15) is 4.79 Å². The molecule has 0 spiro atoms. The first kappa shape index (κ1) is 17.4. The van der Waals surface area contributed by atoms with Crippen LogP contribution in [0.25, 0.3) is 11.0 Å². The SMILES string of the molecule is Cc1cc(Cn2cc3c(n2)CN(C(=O)OC(C)(C)C)C3)cc2onc(N)c12. The number of anilines is 1. The van der Waals surface area contributed by atoms with Crippen molar-refractivity contribution in [2.24, 2.45) is 0 Å². The maximum Gasteiger partial charge on any atom is 0.410 e. The van der Waals surface area contributed by atoms with Crippen LogP contribution in [0.5, 0.6) is 0 Å². The van der Waals surface area contributed by atoms with E-state index in [1.165, 1.54) is 0 Å². The number of aromatic nitrogens is 3. The molecule has 0 bridgehead atoms. The summed E-state index contributed by atoms with van der Waals surface area (Å²) in [6.07, 6.45) is 1.67. The normalized spacial score (nSPS) is 14.0. The molecule has 1 amide bonds. The molecule has 8 nitrogen and oxygen atoms in total. The summed E-state index contributed by atoms with van der Waals surface area (Å²) in [7, 11) is 0. The topological polar surface area (TPSA) is 99.4 Å². The van der Waals surface area contributed by atoms with Crippen LogP contribution in [0.2, 0.25) is 0 Å². The summed E-state index contributed by atoms with van der Waals surface area (Å²) >= 11 is 0. The van der Waals surface area contributed by atoms with Crippen molar-refractivity contribution in [1.29, 1.82) is 0 Å². The van der Waals surface area contributed by atoms with Gasteiger partial charge in [-0.2, -0.15) is 5.10 Å². The Kier molecular flexibility index (Phi) is 3.87. The lowest BCUT2D eigenvalue weighted by atomic mass is 10.1. The van der Waals surface area contributed by atoms with Crippen LogP contribution in [-0.2, 0) is 24.4 Å². The van der Waals surface area contributed by atoms with Crippen molar-refractivity contribution in [1.82, 2.24) is 19.8 Å². The summed E-state index contributed by atoms with van der Waals surface area (Å²) in [4.78, 5) is 13.9. The van der Waals surface area contributed by atoms with Gasteiger partial charge in [-0.25, -0.2) is 4.79 Å². The molecule has 4 rings (SSSR count). The molecule has 3 aromatic rings. The smallest absolute Gasteiger partial charge is 0.410 e. The maximum atomic E-state index is 12.2. The second kappa shape index (κ2) is 6.00. The number of fused-ring (bicyclic) bond motifs is 2. The minimum atomic E-state index is -0.502. The van der Waals surface area contributed by atoms with Crippen molar-refractivity contribution in [2.75, 3.05) is 5.73 Å². The Labute approximate surface area is 156 Å². The third kappa shape index (κ3) is 3.34. The van der Waals surface area contributed by atoms with Crippen molar-refractivity contribution in [3.63, 3.8) is 0 Å². The molecule has 3 heterocycles. The van der Waals surface area contributed by atoms with Crippen LogP contribution >= 0.6 is 0 Å². The third-order valence-electron chi connectivity index (χ3n) is 4.48. The number of rotatable bonds is 2. The van der Waals surface area contributed by atoms with Crippen molar-refractivity contribution >= 4 is 22.9 Å². The Morgan fingerprint density at radius 1 is 1.33 bits per heavy atom. The van der Waals surface area contributed by atoms with Gasteiger partial charge in [-0.15, -0.1) is 0 Å². The summed E-state index contributed by atoms with van der Waals surface area (Å²) in [6.45, 7) is 9.16. The van der Waals surface area contributed by atoms with Crippen LogP contribution in [0.3, 0.4) is 0 Å². The molecule has 0 radical (unpaired) electrons. The van der Waals surface area contributed by atoms with Gasteiger partial charge < -0.3 is 15.0 Å². The Bertz CT molecular complexity index is 1000. The molecule has 0 saturated carbocycles. The zero-order chi connectivity index (χ0) is 19.3. The molecule has 1 aliphatic rings. The zero-order valence-electron chi connectivity index (χ0n) is 15.9. The molecule has 8 heteroatoms. The number of amides is 1. The van der Waals surface area contributed by atoms with Crippen molar-refractivity contribution in [3.05, 3.63) is 40.7 Å². The molecule has 0 aliphatic carbocycles. The van der Waals surface area contributed by atoms with E-state index in [0.717, 1.165) is 27.8 Å². The number of nitrogens with zero attached hydrogens (tertiary/aromatic N) is 4. The maximum absolute atomic E-state index is 12.2. The Balaban J connectivity index is 1.48. The van der Waals surface area contributed by atoms with Gasteiger partial charge in [-0.05, 0) is 44.9 Å². The molecular weight excluding hydrogens is 346 g/mol. The Morgan fingerprint density at radius 2 is 2.11 bits per heavy atom. The third-order valence-corrected chi connectivity index (χ3v) is 4.48. The highest BCUT2D eigenvalue weighted by Crippen LogP contribution is 2.27. The van der Waals surface area contributed by atoms with E-state index >= 15 is 0 Å². The van der Waals surface area contributed by atoms with Gasteiger partial charge in [0.25, 0.3) is 0 Å². The predicted molar refractivity (Wildman–Crippen MR) is 100.0 cm³/mol. The van der Waals surface area contributed by atoms with Crippen molar-refractivity contribution < 1.29 is 14.1 Å². The van der Waals surface area contributed by atoms with Crippen LogP contribution < -0.4 is 5.73 Å². The molecule has 1 aliphatic heterocycles. The van der Waals surface area contributed by atoms with Crippen molar-refractivity contribution in [3.8, 4) is 0 Å². The van der Waals surface area contributed by atoms with Gasteiger partial charge in [-0.1, -0.05) is 11.2 Å². The van der Waals surface area contributed by atoms with Crippen molar-refractivity contribution in [2.45, 2.75) is 52.9 Å². The number of aryl methyl sites for hydroxylation is 1. The number of nitrogen functional groups attached to an aromatic ring is 1. The number of benzene rings is 1. The molecule has 0 atom stereocenters. The molecule has 142 valence electrons. The standard InChI is InChI=1S/C19H23N5O3/c1-11-5-12(6-15-16(11)17(20)22-27-15)7-24-9-13-8-23(10-14(13)21-24)18(25)26-19(2,3)4/h5-6,9H,7-8,10H2,1-4H3,(H2,20,22). The van der Waals surface area contributed by atoms with E-state index in [2.05, 4.69) is 16.3 Å². The fraction of sp³-hybridized carbons (Fsp3) is 0.421. The molecule has 1 aromatic carbocycles. The highest BCUT2D eigenvalue weighted by molar-refractivity contribution is 5.90. The summed E-state index contributed by atoms with van der Waals surface area (Å²) in [6, 6.07) is 4.00. The van der Waals surface area contributed by atoms with Gasteiger partial charge in [0.1, 0.15) is 5.60 Å². The van der Waals surface area contributed by atoms with Gasteiger partial charge >= 0.3 is 6.09 Å². The molecular formula is C19H23N5O3. The first-order chi connectivity index (χ1) is 12.7. The average molecular weight is 369 g/mol. The first-order valence-electron chi connectivity index (χ1n) is 8.87. The molecule has 2 aromatic heterocycles. The van der Waals surface area contributed by atoms with E-state index in [-0.39, 0.29) is 6.09 Å². The lowest BCUT2D eigenvalue weighted by Gasteiger charge is -2.24. The number of ether oxygens (including phenoxy) is 1. The number of nitrogens with two attached hydrogens (primary N) is 1. The van der Waals surface area contributed by atoms with E-state index in [1.807, 2.05) is 44.6 Å². The zero-order valence-corrected chi connectivity index (χ0v) is 15.9. The number of hydrogen-bond donors (Lipinski definition) is 1. The fourth-order valence-electron chi connectivity index (χ4n) is 3.40. The first-order valence-corrected chi connectivity index (χ1v) is 8.87. The highest BCUT2D eigenvalue weighted by Gasteiger charge is 2.29. The van der Waals surface area contributed by atoms with Gasteiger partial charge in [0, 0.05) is 11.8 Å². The van der Waals surface area contributed by atoms with E-state index in [0.29, 0.717) is 31.0 Å². The minimum Gasteiger partial charge on any atom is -0.444 e. The number of carbonyl (C=O) groups excluding carboxylic acids is 1.